The third-order valence-corrected chi connectivity index (χ3v) is 8.36. The topological polar surface area (TPSA) is 84.8 Å². The van der Waals surface area contributed by atoms with Crippen molar-refractivity contribution in [2.75, 3.05) is 7.11 Å². The van der Waals surface area contributed by atoms with Crippen LogP contribution in [0.5, 0.6) is 0 Å². The summed E-state index contributed by atoms with van der Waals surface area (Å²) in [5.41, 5.74) is -1.01. The third kappa shape index (κ3) is 4.16. The number of ether oxygens (including phenoxy) is 6. The maximum absolute atomic E-state index is 12.5. The van der Waals surface area contributed by atoms with Gasteiger partial charge < -0.3 is 28.4 Å². The van der Waals surface area contributed by atoms with E-state index in [0.717, 1.165) is 51.4 Å². The average Bonchev–Trinajstić information content (AvgIpc) is 3.35. The first kappa shape index (κ1) is 23.7. The van der Waals surface area contributed by atoms with Gasteiger partial charge in [0.1, 0.15) is 24.4 Å². The van der Waals surface area contributed by atoms with Gasteiger partial charge in [-0.15, -0.1) is 0 Å². The van der Waals surface area contributed by atoms with E-state index in [2.05, 4.69) is 0 Å². The van der Waals surface area contributed by atoms with Gasteiger partial charge in [-0.25, -0.2) is 4.79 Å². The highest BCUT2D eigenvalue weighted by Gasteiger charge is 2.63. The fraction of sp³-hybridized carbons (Fsp3) is 0.920. The van der Waals surface area contributed by atoms with Crippen molar-refractivity contribution in [3.63, 3.8) is 0 Å². The Kier molecular flexibility index (Phi) is 6.36. The number of esters is 1. The second kappa shape index (κ2) is 8.86. The third-order valence-electron chi connectivity index (χ3n) is 8.36. The molecule has 6 atom stereocenters. The van der Waals surface area contributed by atoms with Crippen LogP contribution in [0, 0.1) is 5.92 Å². The van der Waals surface area contributed by atoms with E-state index < -0.39 is 29.5 Å². The van der Waals surface area contributed by atoms with Gasteiger partial charge in [0.25, 0.3) is 0 Å². The van der Waals surface area contributed by atoms with Gasteiger partial charge in [0.2, 0.25) is 0 Å². The number of carbonyl (C=O) groups is 1. The van der Waals surface area contributed by atoms with Crippen LogP contribution in [0.1, 0.15) is 85.0 Å². The lowest BCUT2D eigenvalue weighted by Gasteiger charge is -2.36. The summed E-state index contributed by atoms with van der Waals surface area (Å²) in [5, 5.41) is 0. The molecule has 2 saturated carbocycles. The summed E-state index contributed by atoms with van der Waals surface area (Å²) in [5.74, 6) is -1.59. The lowest BCUT2D eigenvalue weighted by molar-refractivity contribution is -0.240. The predicted octanol–water partition coefficient (Wildman–Crippen LogP) is 3.89. The molecule has 0 radical (unpaired) electrons. The molecule has 0 N–H and O–H groups in total. The lowest BCUT2D eigenvalue weighted by Crippen LogP contribution is -2.55. The fourth-order valence-corrected chi connectivity index (χ4v) is 5.98. The highest BCUT2D eigenvalue weighted by atomic mass is 16.9. The molecule has 0 amide bonds. The van der Waals surface area contributed by atoms with E-state index in [4.69, 9.17) is 33.4 Å². The quantitative estimate of drug-likeness (QED) is 0.460. The van der Waals surface area contributed by atoms with E-state index in [1.54, 1.807) is 13.1 Å². The molecule has 5 rings (SSSR count). The Morgan fingerprint density at radius 1 is 0.909 bits per heavy atom. The van der Waals surface area contributed by atoms with Crippen LogP contribution in [0.4, 0.5) is 0 Å². The zero-order valence-corrected chi connectivity index (χ0v) is 20.4. The standard InChI is InChI=1S/C25H39NO7/c1-16(2)23(3,22(27)28-4)26-15-17-18-19(31-24(30-18)11-7-5-8-12-24)20-21(29-17)33-25(32-20)13-9-6-10-14-25/h15-21H,5-14H2,1-4H3/t17-,18+,19+,20-,21-,23-/m1/s1. The van der Waals surface area contributed by atoms with E-state index in [-0.39, 0.29) is 30.2 Å². The zero-order chi connectivity index (χ0) is 23.3. The molecule has 8 heteroatoms. The van der Waals surface area contributed by atoms with Gasteiger partial charge in [-0.2, -0.15) is 0 Å². The van der Waals surface area contributed by atoms with Crippen LogP contribution in [0.2, 0.25) is 0 Å². The van der Waals surface area contributed by atoms with Crippen molar-refractivity contribution in [3.05, 3.63) is 0 Å². The minimum Gasteiger partial charge on any atom is -0.467 e. The molecule has 0 bridgehead atoms. The smallest absolute Gasteiger partial charge is 0.333 e. The SMILES string of the molecule is COC(=O)[C@](C)(N=C[C@H]1O[C@@H]2OC3(CCCCC3)O[C@@H]2[C@H]2OC3(CCCCC3)O[C@H]21)C(C)C. The highest BCUT2D eigenvalue weighted by Crippen LogP contribution is 2.50. The Balaban J connectivity index is 1.43. The first-order valence-corrected chi connectivity index (χ1v) is 12.8. The van der Waals surface area contributed by atoms with Crippen molar-refractivity contribution in [1.82, 2.24) is 0 Å². The summed E-state index contributed by atoms with van der Waals surface area (Å²) in [6.45, 7) is 5.72. The van der Waals surface area contributed by atoms with Crippen LogP contribution in [0.15, 0.2) is 4.99 Å². The predicted molar refractivity (Wildman–Crippen MR) is 120 cm³/mol. The van der Waals surface area contributed by atoms with Crippen molar-refractivity contribution >= 4 is 12.2 Å². The van der Waals surface area contributed by atoms with Crippen molar-refractivity contribution < 1.29 is 33.2 Å². The Labute approximate surface area is 196 Å². The summed E-state index contributed by atoms with van der Waals surface area (Å²) in [7, 11) is 1.39. The number of rotatable bonds is 4. The van der Waals surface area contributed by atoms with Crippen LogP contribution in [-0.2, 0) is 33.2 Å². The number of hydrogen-bond acceptors (Lipinski definition) is 8. The zero-order valence-electron chi connectivity index (χ0n) is 20.4. The maximum atomic E-state index is 12.5. The molecular weight excluding hydrogens is 426 g/mol. The van der Waals surface area contributed by atoms with Crippen molar-refractivity contribution in [1.29, 1.82) is 0 Å². The van der Waals surface area contributed by atoms with Crippen molar-refractivity contribution in [2.45, 2.75) is 133 Å². The van der Waals surface area contributed by atoms with Gasteiger partial charge in [0.15, 0.2) is 23.4 Å². The van der Waals surface area contributed by atoms with Gasteiger partial charge in [-0.1, -0.05) is 26.7 Å². The molecule has 0 aromatic rings. The summed E-state index contributed by atoms with van der Waals surface area (Å²) in [6, 6.07) is 0. The Morgan fingerprint density at radius 2 is 1.45 bits per heavy atom. The number of hydrogen-bond donors (Lipinski definition) is 0. The molecule has 0 aromatic heterocycles. The molecule has 33 heavy (non-hydrogen) atoms. The Bertz CT molecular complexity index is 758. The van der Waals surface area contributed by atoms with Crippen molar-refractivity contribution in [3.8, 4) is 0 Å². The van der Waals surface area contributed by atoms with Gasteiger partial charge in [-0.3, -0.25) is 4.99 Å². The van der Waals surface area contributed by atoms with Crippen molar-refractivity contribution in [2.24, 2.45) is 10.9 Å². The van der Waals surface area contributed by atoms with E-state index in [9.17, 15) is 4.79 Å². The summed E-state index contributed by atoms with van der Waals surface area (Å²) in [6.07, 6.45) is 9.96. The van der Waals surface area contributed by atoms with Crippen LogP contribution < -0.4 is 0 Å². The van der Waals surface area contributed by atoms with Gasteiger partial charge >= 0.3 is 5.97 Å². The first-order valence-electron chi connectivity index (χ1n) is 12.8. The first-order chi connectivity index (χ1) is 15.8. The molecule has 2 spiro atoms. The second-order valence-electron chi connectivity index (χ2n) is 10.8. The molecule has 0 unspecified atom stereocenters. The van der Waals surface area contributed by atoms with Gasteiger partial charge in [0, 0.05) is 31.9 Å². The molecule has 5 aliphatic rings. The molecule has 3 saturated heterocycles. The average molecular weight is 466 g/mol. The van der Waals surface area contributed by atoms with E-state index in [0.29, 0.717) is 0 Å². The second-order valence-corrected chi connectivity index (χ2v) is 10.8. The largest absolute Gasteiger partial charge is 0.467 e. The van der Waals surface area contributed by atoms with Gasteiger partial charge in [-0.05, 0) is 38.5 Å². The van der Waals surface area contributed by atoms with E-state index in [1.165, 1.54) is 20.0 Å². The van der Waals surface area contributed by atoms with Gasteiger partial charge in [0.05, 0.1) is 7.11 Å². The molecular formula is C25H39NO7. The lowest BCUT2D eigenvalue weighted by atomic mass is 9.89. The Hall–Kier alpha value is -1.06. The monoisotopic (exact) mass is 465 g/mol. The Morgan fingerprint density at radius 3 is 2.03 bits per heavy atom. The number of aliphatic imine (C=N–C) groups is 1. The molecule has 3 aliphatic heterocycles. The minimum atomic E-state index is -1.01. The molecule has 3 heterocycles. The maximum Gasteiger partial charge on any atom is 0.333 e. The molecule has 0 aromatic carbocycles. The number of fused-ring (bicyclic) bond motifs is 3. The van der Waals surface area contributed by atoms with Crippen LogP contribution >= 0.6 is 0 Å². The highest BCUT2D eigenvalue weighted by molar-refractivity contribution is 5.83. The molecule has 186 valence electrons. The van der Waals surface area contributed by atoms with Crippen LogP contribution in [0.25, 0.3) is 0 Å². The summed E-state index contributed by atoms with van der Waals surface area (Å²) >= 11 is 0. The minimum absolute atomic E-state index is 0.0460. The van der Waals surface area contributed by atoms with Crippen LogP contribution in [-0.4, -0.2) is 67.1 Å². The summed E-state index contributed by atoms with van der Waals surface area (Å²) in [4.78, 5) is 17.2. The number of nitrogens with zero attached hydrogens (tertiary/aromatic N) is 1. The fourth-order valence-electron chi connectivity index (χ4n) is 5.98. The summed E-state index contributed by atoms with van der Waals surface area (Å²) < 4.78 is 37.7. The van der Waals surface area contributed by atoms with E-state index >= 15 is 0 Å². The molecule has 5 fully saturated rings. The van der Waals surface area contributed by atoms with Crippen LogP contribution in [0.3, 0.4) is 0 Å². The number of carbonyl (C=O) groups excluding carboxylic acids is 1. The van der Waals surface area contributed by atoms with E-state index in [1.807, 2.05) is 13.8 Å². The number of methoxy groups -OCH3 is 1. The normalized spacial score (nSPS) is 39.0. The molecule has 8 nitrogen and oxygen atoms in total. The molecule has 2 aliphatic carbocycles.